The van der Waals surface area contributed by atoms with Crippen molar-refractivity contribution < 1.29 is 9.53 Å². The lowest BCUT2D eigenvalue weighted by Gasteiger charge is -2.34. The number of amides is 1. The molecule has 5 rings (SSSR count). The normalized spacial score (nSPS) is 17.1. The summed E-state index contributed by atoms with van der Waals surface area (Å²) in [5.74, 6) is 1.30. The Morgan fingerprint density at radius 2 is 1.74 bits per heavy atom. The van der Waals surface area contributed by atoms with Gasteiger partial charge in [0.1, 0.15) is 11.4 Å². The third-order valence-electron chi connectivity index (χ3n) is 5.15. The maximum atomic E-state index is 13.1. The van der Waals surface area contributed by atoms with Crippen LogP contribution < -0.4 is 20.6 Å². The first-order valence-electron chi connectivity index (χ1n) is 9.90. The SMILES string of the molecule is COc1ccc([C@@H]2N=c3ccccc3=C3C(=O)NC(SCc4ccccc4)=NN32)cc1. The van der Waals surface area contributed by atoms with Crippen LogP contribution in [-0.4, -0.2) is 23.2 Å². The molecule has 31 heavy (non-hydrogen) atoms. The Bertz CT molecular complexity index is 1270. The number of para-hydroxylation sites is 1. The van der Waals surface area contributed by atoms with Crippen molar-refractivity contribution in [1.82, 2.24) is 10.3 Å². The van der Waals surface area contributed by atoms with E-state index >= 15 is 0 Å². The molecule has 6 nitrogen and oxygen atoms in total. The van der Waals surface area contributed by atoms with Gasteiger partial charge in [0.25, 0.3) is 5.91 Å². The number of rotatable bonds is 4. The van der Waals surface area contributed by atoms with E-state index in [9.17, 15) is 4.79 Å². The second-order valence-corrected chi connectivity index (χ2v) is 8.08. The number of thioether (sulfide) groups is 1. The molecular formula is C24H20N4O2S. The summed E-state index contributed by atoms with van der Waals surface area (Å²) in [6.07, 6.45) is -0.436. The first-order valence-corrected chi connectivity index (χ1v) is 10.9. The summed E-state index contributed by atoms with van der Waals surface area (Å²) in [5, 5.41) is 11.6. The fourth-order valence-electron chi connectivity index (χ4n) is 3.61. The zero-order chi connectivity index (χ0) is 21.2. The maximum absolute atomic E-state index is 13.1. The molecule has 0 fully saturated rings. The van der Waals surface area contributed by atoms with Crippen molar-refractivity contribution in [2.45, 2.75) is 11.9 Å². The van der Waals surface area contributed by atoms with E-state index in [1.807, 2.05) is 66.7 Å². The number of carbonyl (C=O) groups excluding carboxylic acids is 1. The zero-order valence-electron chi connectivity index (χ0n) is 16.9. The molecule has 0 radical (unpaired) electrons. The molecule has 3 aromatic carbocycles. The number of benzene rings is 3. The summed E-state index contributed by atoms with van der Waals surface area (Å²) in [6, 6.07) is 25.5. The van der Waals surface area contributed by atoms with Gasteiger partial charge >= 0.3 is 0 Å². The first kappa shape index (κ1) is 19.4. The molecular weight excluding hydrogens is 408 g/mol. The lowest BCUT2D eigenvalue weighted by Crippen LogP contribution is -2.50. The van der Waals surface area contributed by atoms with Crippen LogP contribution in [0, 0.1) is 0 Å². The molecule has 2 aliphatic heterocycles. The van der Waals surface area contributed by atoms with Crippen LogP contribution in [0.1, 0.15) is 17.3 Å². The van der Waals surface area contributed by atoms with Crippen molar-refractivity contribution in [2.75, 3.05) is 7.11 Å². The molecule has 0 saturated heterocycles. The van der Waals surface area contributed by atoms with Gasteiger partial charge in [-0.05, 0) is 29.3 Å². The van der Waals surface area contributed by atoms with Crippen molar-refractivity contribution in [3.05, 3.63) is 101 Å². The molecule has 0 unspecified atom stereocenters. The monoisotopic (exact) mass is 428 g/mol. The number of nitrogens with zero attached hydrogens (tertiary/aromatic N) is 3. The summed E-state index contributed by atoms with van der Waals surface area (Å²) in [4.78, 5) is 18.1. The van der Waals surface area contributed by atoms with Gasteiger partial charge < -0.3 is 4.74 Å². The van der Waals surface area contributed by atoms with Crippen molar-refractivity contribution >= 4 is 28.5 Å². The largest absolute Gasteiger partial charge is 0.497 e. The number of nitrogens with one attached hydrogen (secondary N) is 1. The van der Waals surface area contributed by atoms with Gasteiger partial charge in [0.15, 0.2) is 11.3 Å². The topological polar surface area (TPSA) is 66.3 Å². The van der Waals surface area contributed by atoms with Crippen LogP contribution in [0.3, 0.4) is 0 Å². The molecule has 7 heteroatoms. The van der Waals surface area contributed by atoms with Gasteiger partial charge in [-0.15, -0.1) is 5.10 Å². The highest BCUT2D eigenvalue weighted by Gasteiger charge is 2.34. The minimum atomic E-state index is -0.436. The number of hydrogen-bond acceptors (Lipinski definition) is 6. The minimum Gasteiger partial charge on any atom is -0.497 e. The van der Waals surface area contributed by atoms with Crippen LogP contribution in [0.15, 0.2) is 89.0 Å². The summed E-state index contributed by atoms with van der Waals surface area (Å²) in [6.45, 7) is 0. The number of carbonyl (C=O) groups is 1. The molecule has 0 bridgehead atoms. The summed E-state index contributed by atoms with van der Waals surface area (Å²) in [7, 11) is 1.64. The Labute approximate surface area is 184 Å². The zero-order valence-corrected chi connectivity index (χ0v) is 17.7. The van der Waals surface area contributed by atoms with E-state index in [0.717, 1.165) is 21.9 Å². The predicted octanol–water partition coefficient (Wildman–Crippen LogP) is 2.77. The maximum Gasteiger partial charge on any atom is 0.276 e. The lowest BCUT2D eigenvalue weighted by atomic mass is 10.1. The molecule has 1 amide bonds. The Balaban J connectivity index is 1.56. The average molecular weight is 429 g/mol. The number of amidine groups is 1. The van der Waals surface area contributed by atoms with Crippen molar-refractivity contribution in [2.24, 2.45) is 10.1 Å². The second kappa shape index (κ2) is 8.28. The number of methoxy groups -OCH3 is 1. The number of fused-ring (bicyclic) bond motifs is 2. The standard InChI is InChI=1S/C24H20N4O2S/c1-30-18-13-11-17(12-14-18)22-25-20-10-6-5-9-19(20)21-23(29)26-24(27-28(21)22)31-15-16-7-3-2-4-8-16/h2-14,22H,15H2,1H3,(H,26,27,29)/t22-/m1/s1. The molecule has 1 N–H and O–H groups in total. The third-order valence-corrected chi connectivity index (χ3v) is 6.08. The van der Waals surface area contributed by atoms with Gasteiger partial charge in [-0.2, -0.15) is 0 Å². The first-order chi connectivity index (χ1) is 15.2. The van der Waals surface area contributed by atoms with Gasteiger partial charge in [-0.25, -0.2) is 5.01 Å². The van der Waals surface area contributed by atoms with E-state index in [-0.39, 0.29) is 5.91 Å². The smallest absolute Gasteiger partial charge is 0.276 e. The summed E-state index contributed by atoms with van der Waals surface area (Å²) < 4.78 is 5.28. The highest BCUT2D eigenvalue weighted by atomic mass is 32.2. The minimum absolute atomic E-state index is 0.175. The molecule has 154 valence electrons. The van der Waals surface area contributed by atoms with Gasteiger partial charge in [-0.3, -0.25) is 15.1 Å². The van der Waals surface area contributed by atoms with Gasteiger partial charge in [-0.1, -0.05) is 72.4 Å². The van der Waals surface area contributed by atoms with Gasteiger partial charge in [0, 0.05) is 11.0 Å². The summed E-state index contributed by atoms with van der Waals surface area (Å²) >= 11 is 1.50. The number of ether oxygens (including phenoxy) is 1. The lowest BCUT2D eigenvalue weighted by molar-refractivity contribution is -0.116. The molecule has 3 aromatic rings. The van der Waals surface area contributed by atoms with E-state index in [1.165, 1.54) is 17.3 Å². The van der Waals surface area contributed by atoms with E-state index in [4.69, 9.17) is 14.8 Å². The fraction of sp³-hybridized carbons (Fsp3) is 0.125. The molecule has 0 saturated carbocycles. The third kappa shape index (κ3) is 3.80. The van der Waals surface area contributed by atoms with Crippen molar-refractivity contribution in [3.8, 4) is 5.75 Å². The van der Waals surface area contributed by atoms with Crippen molar-refractivity contribution in [3.63, 3.8) is 0 Å². The van der Waals surface area contributed by atoms with Crippen LogP contribution in [-0.2, 0) is 10.5 Å². The van der Waals surface area contributed by atoms with E-state index in [0.29, 0.717) is 16.6 Å². The van der Waals surface area contributed by atoms with E-state index in [1.54, 1.807) is 12.1 Å². The Kier molecular flexibility index (Phi) is 5.18. The molecule has 2 heterocycles. The van der Waals surface area contributed by atoms with Crippen LogP contribution >= 0.6 is 11.8 Å². The van der Waals surface area contributed by atoms with Crippen LogP contribution in [0.2, 0.25) is 0 Å². The molecule has 0 aliphatic carbocycles. The number of hydrazone groups is 1. The highest BCUT2D eigenvalue weighted by Crippen LogP contribution is 2.31. The fourth-order valence-corrected chi connectivity index (χ4v) is 4.42. The molecule has 0 aromatic heterocycles. The van der Waals surface area contributed by atoms with Gasteiger partial charge in [0.2, 0.25) is 0 Å². The van der Waals surface area contributed by atoms with Crippen LogP contribution in [0.4, 0.5) is 0 Å². The Morgan fingerprint density at radius 3 is 2.52 bits per heavy atom. The van der Waals surface area contributed by atoms with Gasteiger partial charge in [0.05, 0.1) is 12.5 Å². The highest BCUT2D eigenvalue weighted by molar-refractivity contribution is 8.13. The molecule has 0 spiro atoms. The predicted molar refractivity (Wildman–Crippen MR) is 122 cm³/mol. The quantitative estimate of drug-likeness (QED) is 0.694. The van der Waals surface area contributed by atoms with Crippen LogP contribution in [0.5, 0.6) is 5.75 Å². The Hall–Kier alpha value is -3.58. The number of hydrogen-bond donors (Lipinski definition) is 1. The van der Waals surface area contributed by atoms with E-state index < -0.39 is 6.17 Å². The van der Waals surface area contributed by atoms with Crippen molar-refractivity contribution in [1.29, 1.82) is 0 Å². The van der Waals surface area contributed by atoms with Crippen LogP contribution in [0.25, 0.3) is 5.70 Å². The second-order valence-electron chi connectivity index (χ2n) is 7.12. The molecule has 1 atom stereocenters. The van der Waals surface area contributed by atoms with E-state index in [2.05, 4.69) is 17.4 Å². The Morgan fingerprint density at radius 1 is 1.00 bits per heavy atom. The summed E-state index contributed by atoms with van der Waals surface area (Å²) in [5.41, 5.74) is 2.61. The molecule has 2 aliphatic rings. The average Bonchev–Trinajstić information content (AvgIpc) is 2.83.